The summed E-state index contributed by atoms with van der Waals surface area (Å²) in [5.74, 6) is 0.801. The molecule has 0 aliphatic heterocycles. The predicted molar refractivity (Wildman–Crippen MR) is 87.8 cm³/mol. The van der Waals surface area contributed by atoms with E-state index in [1.807, 2.05) is 30.9 Å². The van der Waals surface area contributed by atoms with Gasteiger partial charge >= 0.3 is 0 Å². The number of carbonyl (C=O) groups excluding carboxylic acids is 1. The van der Waals surface area contributed by atoms with Crippen LogP contribution in [-0.4, -0.2) is 44.1 Å². The first kappa shape index (κ1) is 17.1. The fourth-order valence-corrected chi connectivity index (χ4v) is 2.00. The Hall–Kier alpha value is -1.91. The molecule has 0 saturated heterocycles. The fourth-order valence-electron chi connectivity index (χ4n) is 2.00. The monoisotopic (exact) mass is 293 g/mol. The highest BCUT2D eigenvalue weighted by Gasteiger charge is 2.14. The predicted octanol–water partition coefficient (Wildman–Crippen LogP) is 2.36. The second-order valence-electron chi connectivity index (χ2n) is 5.64. The van der Waals surface area contributed by atoms with Gasteiger partial charge in [-0.3, -0.25) is 4.79 Å². The van der Waals surface area contributed by atoms with E-state index >= 15 is 0 Å². The third-order valence-electron chi connectivity index (χ3n) is 2.97. The maximum Gasteiger partial charge on any atom is 0.241 e. The van der Waals surface area contributed by atoms with Crippen LogP contribution >= 0.6 is 0 Å². The minimum absolute atomic E-state index is 0.0669. The molecule has 5 nitrogen and oxygen atoms in total. The van der Waals surface area contributed by atoms with Crippen molar-refractivity contribution < 1.29 is 9.53 Å². The van der Waals surface area contributed by atoms with E-state index < -0.39 is 0 Å². The van der Waals surface area contributed by atoms with Crippen LogP contribution < -0.4 is 15.4 Å². The van der Waals surface area contributed by atoms with Crippen LogP contribution in [0.2, 0.25) is 0 Å². The van der Waals surface area contributed by atoms with Gasteiger partial charge in [-0.1, -0.05) is 6.92 Å². The number of nitrogens with zero attached hydrogens (tertiary/aromatic N) is 2. The summed E-state index contributed by atoms with van der Waals surface area (Å²) in [5.41, 5.74) is 7.52. The summed E-state index contributed by atoms with van der Waals surface area (Å²) >= 11 is 0. The van der Waals surface area contributed by atoms with E-state index in [9.17, 15) is 4.79 Å². The minimum Gasteiger partial charge on any atom is -0.491 e. The maximum absolute atomic E-state index is 12.0. The van der Waals surface area contributed by atoms with E-state index in [0.717, 1.165) is 24.4 Å². The largest absolute Gasteiger partial charge is 0.491 e. The molecule has 1 amide bonds. The number of rotatable bonds is 7. The van der Waals surface area contributed by atoms with Crippen LogP contribution in [0.4, 0.5) is 11.4 Å². The molecule has 5 heteroatoms. The van der Waals surface area contributed by atoms with Crippen LogP contribution in [-0.2, 0) is 4.79 Å². The third kappa shape index (κ3) is 5.53. The highest BCUT2D eigenvalue weighted by molar-refractivity contribution is 5.81. The lowest BCUT2D eigenvalue weighted by Gasteiger charge is -2.26. The van der Waals surface area contributed by atoms with Crippen molar-refractivity contribution in [1.82, 2.24) is 4.90 Å². The maximum atomic E-state index is 12.0. The van der Waals surface area contributed by atoms with Crippen LogP contribution in [0.3, 0.4) is 0 Å². The Bertz CT molecular complexity index is 473. The van der Waals surface area contributed by atoms with Crippen molar-refractivity contribution in [3.8, 4) is 5.75 Å². The number of carbonyl (C=O) groups is 1. The first-order chi connectivity index (χ1) is 9.83. The van der Waals surface area contributed by atoms with E-state index in [-0.39, 0.29) is 12.0 Å². The molecule has 0 aliphatic carbocycles. The molecule has 0 bridgehead atoms. The number of hydrogen-bond acceptors (Lipinski definition) is 4. The molecule has 0 aliphatic rings. The summed E-state index contributed by atoms with van der Waals surface area (Å²) in [6.45, 7) is 7.17. The summed E-state index contributed by atoms with van der Waals surface area (Å²) in [6, 6.07) is 5.63. The van der Waals surface area contributed by atoms with Crippen molar-refractivity contribution in [3.05, 3.63) is 18.2 Å². The van der Waals surface area contributed by atoms with Crippen LogP contribution in [0, 0.1) is 0 Å². The number of amides is 1. The molecular weight excluding hydrogens is 266 g/mol. The number of benzene rings is 1. The van der Waals surface area contributed by atoms with Gasteiger partial charge in [-0.25, -0.2) is 0 Å². The Morgan fingerprint density at radius 3 is 2.48 bits per heavy atom. The molecule has 1 aromatic rings. The third-order valence-corrected chi connectivity index (χ3v) is 2.97. The number of ether oxygens (including phenoxy) is 1. The summed E-state index contributed by atoms with van der Waals surface area (Å²) < 4.78 is 5.71. The van der Waals surface area contributed by atoms with Gasteiger partial charge < -0.3 is 20.3 Å². The first-order valence-electron chi connectivity index (χ1n) is 7.35. The zero-order chi connectivity index (χ0) is 16.0. The number of hydrogen-bond donors (Lipinski definition) is 1. The average Bonchev–Trinajstić information content (AvgIpc) is 2.36. The van der Waals surface area contributed by atoms with Crippen LogP contribution in [0.5, 0.6) is 5.75 Å². The highest BCUT2D eigenvalue weighted by atomic mass is 16.5. The van der Waals surface area contributed by atoms with E-state index in [4.69, 9.17) is 10.5 Å². The molecule has 21 heavy (non-hydrogen) atoms. The summed E-state index contributed by atoms with van der Waals surface area (Å²) in [6.07, 6.45) is 1.04. The van der Waals surface area contributed by atoms with Crippen LogP contribution in [0.1, 0.15) is 27.2 Å². The molecule has 0 atom stereocenters. The van der Waals surface area contributed by atoms with Crippen molar-refractivity contribution in [3.63, 3.8) is 0 Å². The molecule has 0 fully saturated rings. The molecule has 118 valence electrons. The molecule has 0 spiro atoms. The lowest BCUT2D eigenvalue weighted by Crippen LogP contribution is -2.37. The summed E-state index contributed by atoms with van der Waals surface area (Å²) in [4.78, 5) is 15.6. The molecule has 2 N–H and O–H groups in total. The van der Waals surface area contributed by atoms with Crippen molar-refractivity contribution in [2.45, 2.75) is 33.3 Å². The summed E-state index contributed by atoms with van der Waals surface area (Å²) in [5, 5.41) is 0. The minimum atomic E-state index is 0.0669. The van der Waals surface area contributed by atoms with Gasteiger partial charge in [-0.2, -0.15) is 0 Å². The SMILES string of the molecule is CCCN(CC(=O)N(C)C)c1cc(N)cc(OC(C)C)c1. The number of anilines is 2. The topological polar surface area (TPSA) is 58.8 Å². The Morgan fingerprint density at radius 2 is 1.95 bits per heavy atom. The lowest BCUT2D eigenvalue weighted by atomic mass is 10.2. The van der Waals surface area contributed by atoms with Crippen molar-refractivity contribution >= 4 is 17.3 Å². The standard InChI is InChI=1S/C16H27N3O2/c1-6-7-19(11-16(20)18(4)5)14-8-13(17)9-15(10-14)21-12(2)3/h8-10,12H,6-7,11,17H2,1-5H3. The molecule has 0 aromatic heterocycles. The molecule has 0 saturated carbocycles. The Labute approximate surface area is 127 Å². The quantitative estimate of drug-likeness (QED) is 0.784. The van der Waals surface area contributed by atoms with Gasteiger partial charge in [0.1, 0.15) is 5.75 Å². The van der Waals surface area contributed by atoms with E-state index in [0.29, 0.717) is 12.2 Å². The Balaban J connectivity index is 3.01. The van der Waals surface area contributed by atoms with Gasteiger partial charge in [0, 0.05) is 44.1 Å². The Kier molecular flexibility index (Phi) is 6.34. The second-order valence-corrected chi connectivity index (χ2v) is 5.64. The molecule has 1 aromatic carbocycles. The first-order valence-corrected chi connectivity index (χ1v) is 7.35. The van der Waals surface area contributed by atoms with Gasteiger partial charge in [0.15, 0.2) is 0 Å². The highest BCUT2D eigenvalue weighted by Crippen LogP contribution is 2.26. The molecule has 0 radical (unpaired) electrons. The van der Waals surface area contributed by atoms with Gasteiger partial charge in [0.2, 0.25) is 5.91 Å². The van der Waals surface area contributed by atoms with E-state index in [2.05, 4.69) is 6.92 Å². The van der Waals surface area contributed by atoms with E-state index in [1.165, 1.54) is 0 Å². The fraction of sp³-hybridized carbons (Fsp3) is 0.562. The zero-order valence-corrected chi connectivity index (χ0v) is 13.7. The molecular formula is C16H27N3O2. The normalized spacial score (nSPS) is 10.6. The molecule has 0 heterocycles. The van der Waals surface area contributed by atoms with Gasteiger partial charge in [0.25, 0.3) is 0 Å². The van der Waals surface area contributed by atoms with Crippen LogP contribution in [0.15, 0.2) is 18.2 Å². The summed E-state index contributed by atoms with van der Waals surface area (Å²) in [7, 11) is 3.53. The van der Waals surface area contributed by atoms with Gasteiger partial charge in [-0.15, -0.1) is 0 Å². The van der Waals surface area contributed by atoms with Crippen molar-refractivity contribution in [1.29, 1.82) is 0 Å². The van der Waals surface area contributed by atoms with E-state index in [1.54, 1.807) is 25.1 Å². The van der Waals surface area contributed by atoms with Gasteiger partial charge in [-0.05, 0) is 26.3 Å². The van der Waals surface area contributed by atoms with Crippen LogP contribution in [0.25, 0.3) is 0 Å². The Morgan fingerprint density at radius 1 is 1.29 bits per heavy atom. The molecule has 0 unspecified atom stereocenters. The molecule has 1 rings (SSSR count). The van der Waals surface area contributed by atoms with Crippen molar-refractivity contribution in [2.75, 3.05) is 37.8 Å². The number of likely N-dealkylation sites (N-methyl/N-ethyl adjacent to an activating group) is 1. The van der Waals surface area contributed by atoms with Gasteiger partial charge in [0.05, 0.1) is 12.6 Å². The lowest BCUT2D eigenvalue weighted by molar-refractivity contribution is -0.127. The number of nitrogen functional groups attached to an aromatic ring is 1. The smallest absolute Gasteiger partial charge is 0.241 e. The number of nitrogens with two attached hydrogens (primary N) is 1. The second kappa shape index (κ2) is 7.76. The zero-order valence-electron chi connectivity index (χ0n) is 13.7. The average molecular weight is 293 g/mol. The van der Waals surface area contributed by atoms with Crippen molar-refractivity contribution in [2.24, 2.45) is 0 Å².